The van der Waals surface area contributed by atoms with Gasteiger partial charge in [0.1, 0.15) is 0 Å². The van der Waals surface area contributed by atoms with Crippen molar-refractivity contribution >= 4 is 31.5 Å². The van der Waals surface area contributed by atoms with Crippen molar-refractivity contribution in [2.45, 2.75) is 0 Å². The van der Waals surface area contributed by atoms with Crippen molar-refractivity contribution in [3.63, 3.8) is 0 Å². The van der Waals surface area contributed by atoms with Crippen LogP contribution in [0.15, 0.2) is 36.4 Å². The number of hydrogen-bond donors (Lipinski definition) is 0. The zero-order valence-electron chi connectivity index (χ0n) is 34.0. The van der Waals surface area contributed by atoms with Crippen LogP contribution in [-0.4, -0.2) is 0 Å². The SMILES string of the molecule is [Y].[Y].[Y].[Y].[Y].[Y].[Y].[Y].[Y].[Y].[Y].[Y].[Y].[Y].[Y].[Y].[Y].[Y].[Y].[Y].[Y].[Y].[Y].[Y].[Y].[Y].[Y].[Y].[Y].[Y].[Y].[Y].[Y].[Y].[Y].[Y].[Y].[Y].[Y].[Y].[Y].[Y].[Y].[Y].[Y].[Y].[Y].[c-]1ccc2c(c1)sc1c[c-]ccc12. The predicted octanol–water partition coefficient (Wildman–Crippen LogP) is 3.54. The molecule has 0 amide bonds. The van der Waals surface area contributed by atoms with Gasteiger partial charge in [-0.15, -0.1) is 10.8 Å². The van der Waals surface area contributed by atoms with Gasteiger partial charge in [-0.3, -0.25) is 11.3 Å². The molecular formula is C12H6SY47-2. The van der Waals surface area contributed by atoms with Crippen LogP contribution >= 0.6 is 11.3 Å². The second-order valence-corrected chi connectivity index (χ2v) is 4.03. The molecular weight excluding hydrogens is 4350 g/mol. The summed E-state index contributed by atoms with van der Waals surface area (Å²) >= 11 is 1.80. The summed E-state index contributed by atoms with van der Waals surface area (Å²) in [5.41, 5.74) is 0. The molecule has 0 N–H and O–H groups in total. The van der Waals surface area contributed by atoms with E-state index in [0.29, 0.717) is 0 Å². The molecule has 0 unspecified atom stereocenters. The molecule has 48 heteroatoms. The van der Waals surface area contributed by atoms with Crippen molar-refractivity contribution in [3.05, 3.63) is 48.5 Å². The summed E-state index contributed by atoms with van der Waals surface area (Å²) in [5, 5.41) is 2.65. The number of thiophene rings is 1. The number of fused-ring (bicyclic) bond motifs is 3. The molecule has 0 atom stereocenters. The Morgan fingerprint density at radius 2 is 0.317 bits per heavy atom. The Hall–Kier alpha value is 50.5. The number of hydrogen-bond acceptors (Lipinski definition) is 1. The van der Waals surface area contributed by atoms with Crippen LogP contribution in [0.4, 0.5) is 0 Å². The maximum Gasteiger partial charge on any atom is 0 e. The smallest absolute Gasteiger partial charge is 0 e. The van der Waals surface area contributed by atoms with E-state index in [2.05, 4.69) is 24.3 Å². The van der Waals surface area contributed by atoms with Gasteiger partial charge in [-0.05, 0) is 0 Å². The fourth-order valence-electron chi connectivity index (χ4n) is 1.56. The maximum atomic E-state index is 3.10. The van der Waals surface area contributed by atoms with E-state index in [9.17, 15) is 0 Å². The zero-order valence-corrected chi connectivity index (χ0v) is 168. The standard InChI is InChI=1S/C12H6S.47Y/c1-3-7-11-9(5-1)10-6-2-4-8-12(10)13-11;;;;;;;;;;;;;;;;;;;;;;;;;;;;;;;;;;;;;;;;;;;;;;;/h1-2,5-8H;;;;;;;;;;;;;;;;;;;;;;;;;;;;;;;;;;;;;;;;;;;;;;;/q-2;;;;;;;;;;;;;;;;;;;;;;;;;;;;;;;;;;;;;;;;;;;;;;;. The van der Waals surface area contributed by atoms with Gasteiger partial charge in [-0.1, -0.05) is 9.40 Å². The number of benzene rings is 2. The van der Waals surface area contributed by atoms with E-state index in [0.717, 1.165) is 0 Å². The Morgan fingerprint density at radius 1 is 0.200 bits per heavy atom. The fourth-order valence-corrected chi connectivity index (χ4v) is 2.63. The molecule has 0 spiro atoms. The molecule has 0 bridgehead atoms. The molecule has 60 heavy (non-hydrogen) atoms. The molecule has 0 aliphatic carbocycles. The topological polar surface area (TPSA) is 0 Å². The first-order valence-electron chi connectivity index (χ1n) is 4.13. The molecule has 203 valence electrons. The van der Waals surface area contributed by atoms with Crippen molar-refractivity contribution < 1.29 is 1540 Å². The maximum absolute atomic E-state index is 3.10. The average molecular weight is 4360 g/mol. The summed E-state index contributed by atoms with van der Waals surface area (Å²) in [6.07, 6.45) is 0. The molecule has 3 aromatic rings. The van der Waals surface area contributed by atoms with Gasteiger partial charge < -0.3 is 0 Å². The normalized spacial score (nSPS) is 2.40. The van der Waals surface area contributed by atoms with Crippen LogP contribution < -0.4 is 0 Å². The van der Waals surface area contributed by atoms with Crippen LogP contribution in [0.25, 0.3) is 20.2 Å². The summed E-state index contributed by atoms with van der Waals surface area (Å²) in [6.45, 7) is 0. The van der Waals surface area contributed by atoms with Crippen LogP contribution in [0.1, 0.15) is 0 Å². The Morgan fingerprint density at radius 3 is 0.433 bits per heavy atom. The van der Waals surface area contributed by atoms with E-state index in [4.69, 9.17) is 0 Å². The van der Waals surface area contributed by atoms with Gasteiger partial charge in [0.15, 0.2) is 0 Å². The van der Waals surface area contributed by atoms with E-state index >= 15 is 0 Å². The van der Waals surface area contributed by atoms with Gasteiger partial charge in [0.05, 0.1) is 0 Å². The first kappa shape index (κ1) is 309. The molecule has 2 aromatic carbocycles. The molecule has 0 aliphatic heterocycles. The third-order valence-corrected chi connectivity index (χ3v) is 3.28. The van der Waals surface area contributed by atoms with E-state index < -0.39 is 0 Å². The first-order valence-corrected chi connectivity index (χ1v) is 4.95. The predicted molar refractivity (Wildman–Crippen MR) is 57.0 cm³/mol. The third kappa shape index (κ3) is 194. The van der Waals surface area contributed by atoms with Crippen molar-refractivity contribution in [1.82, 2.24) is 0 Å². The summed E-state index contributed by atoms with van der Waals surface area (Å²) in [4.78, 5) is 0. The van der Waals surface area contributed by atoms with Crippen LogP contribution in [0.2, 0.25) is 0 Å². The van der Waals surface area contributed by atoms with Gasteiger partial charge in [-0.25, -0.2) is 0 Å². The van der Waals surface area contributed by atoms with Gasteiger partial charge in [0.25, 0.3) is 0 Å². The van der Waals surface area contributed by atoms with Crippen molar-refractivity contribution in [2.75, 3.05) is 0 Å². The molecule has 0 saturated heterocycles. The second kappa shape index (κ2) is 252. The van der Waals surface area contributed by atoms with Crippen LogP contribution in [0.5, 0.6) is 0 Å². The van der Waals surface area contributed by atoms with Crippen LogP contribution in [0, 0.1) is 12.1 Å². The molecule has 0 nitrogen and oxygen atoms in total. The minimum absolute atomic E-state index is 0. The Bertz CT molecular complexity index is 558. The van der Waals surface area contributed by atoms with Gasteiger partial charge in [0, 0.05) is 1540 Å². The Labute approximate surface area is 1560 Å². The van der Waals surface area contributed by atoms with Crippen molar-refractivity contribution in [3.8, 4) is 0 Å². The molecule has 1 heterocycles. The van der Waals surface area contributed by atoms with E-state index in [1.807, 2.05) is 24.3 Å². The molecule has 0 fully saturated rings. The van der Waals surface area contributed by atoms with Gasteiger partial charge in [-0.2, -0.15) is 48.5 Å². The minimum atomic E-state index is 0. The quantitative estimate of drug-likeness (QED) is 0.303. The van der Waals surface area contributed by atoms with E-state index in [1.54, 1.807) is 11.3 Å². The van der Waals surface area contributed by atoms with Crippen molar-refractivity contribution in [2.24, 2.45) is 0 Å². The van der Waals surface area contributed by atoms with Gasteiger partial charge in [0.2, 0.25) is 0 Å². The van der Waals surface area contributed by atoms with Gasteiger partial charge >= 0.3 is 0 Å². The molecule has 3 rings (SSSR count). The molecule has 0 aliphatic rings. The first-order chi connectivity index (χ1) is 6.45. The number of rotatable bonds is 0. The fraction of sp³-hybridized carbons (Fsp3) is 0. The molecule has 47 radical (unpaired) electrons. The second-order valence-electron chi connectivity index (χ2n) is 2.95. The summed E-state index contributed by atoms with van der Waals surface area (Å²) in [6, 6.07) is 18.4. The summed E-state index contributed by atoms with van der Waals surface area (Å²) in [5.74, 6) is 0. The Balaban J connectivity index is -0.00000000111. The minimum Gasteiger partial charge on any atom is -0.273 e. The third-order valence-electron chi connectivity index (χ3n) is 2.16. The molecule has 0 saturated carbocycles. The average Bonchev–Trinajstić information content (AvgIpc) is 2.56. The Kier molecular flexibility index (Phi) is 1300. The monoisotopic (exact) mass is 4360 g/mol. The molecule has 1 aromatic heterocycles. The van der Waals surface area contributed by atoms with E-state index in [1.165, 1.54) is 20.2 Å². The van der Waals surface area contributed by atoms with E-state index in [-0.39, 0.29) is 1540 Å². The summed E-state index contributed by atoms with van der Waals surface area (Å²) < 4.78 is 2.61. The van der Waals surface area contributed by atoms with Crippen LogP contribution in [0.3, 0.4) is 0 Å². The largest absolute Gasteiger partial charge is 0.273 e. The zero-order chi connectivity index (χ0) is 8.67. The van der Waals surface area contributed by atoms with Crippen LogP contribution in [-0.2, 0) is 1540 Å². The summed E-state index contributed by atoms with van der Waals surface area (Å²) in [7, 11) is 0. The van der Waals surface area contributed by atoms with Crippen molar-refractivity contribution in [1.29, 1.82) is 0 Å².